The van der Waals surface area contributed by atoms with E-state index in [1.54, 1.807) is 7.11 Å². The van der Waals surface area contributed by atoms with Gasteiger partial charge < -0.3 is 4.74 Å². The van der Waals surface area contributed by atoms with Gasteiger partial charge in [0.05, 0.1) is 7.11 Å². The summed E-state index contributed by atoms with van der Waals surface area (Å²) in [7, 11) is 1.72. The molecular weight excluding hydrogens is 337 g/mol. The van der Waals surface area contributed by atoms with Gasteiger partial charge in [-0.25, -0.2) is 0 Å². The van der Waals surface area contributed by atoms with Crippen molar-refractivity contribution < 1.29 is 4.74 Å². The highest BCUT2D eigenvalue weighted by atomic mass is 127. The molecule has 0 aliphatic heterocycles. The Bertz CT molecular complexity index is 436. The minimum Gasteiger partial charge on any atom is -0.496 e. The Morgan fingerprint density at radius 2 is 2.00 bits per heavy atom. The van der Waals surface area contributed by atoms with Crippen LogP contribution in [0.3, 0.4) is 0 Å². The zero-order chi connectivity index (χ0) is 13.0. The highest BCUT2D eigenvalue weighted by molar-refractivity contribution is 14.1. The second kappa shape index (κ2) is 6.55. The summed E-state index contributed by atoms with van der Waals surface area (Å²) in [5.41, 5.74) is 2.39. The molecule has 2 nitrogen and oxygen atoms in total. The zero-order valence-electron chi connectivity index (χ0n) is 11.1. The summed E-state index contributed by atoms with van der Waals surface area (Å²) in [5, 5.41) is 0. The second-order valence-electron chi connectivity index (χ2n) is 4.86. The van der Waals surface area contributed by atoms with Crippen LogP contribution < -0.4 is 4.74 Å². The summed E-state index contributed by atoms with van der Waals surface area (Å²) < 4.78 is 6.61. The van der Waals surface area contributed by atoms with Crippen LogP contribution in [0.25, 0.3) is 0 Å². The maximum Gasteiger partial charge on any atom is 0.122 e. The van der Waals surface area contributed by atoms with Crippen LogP contribution in [0.1, 0.15) is 43.2 Å². The Labute approximate surface area is 123 Å². The third-order valence-electron chi connectivity index (χ3n) is 3.62. The number of methoxy groups -OCH3 is 1. The maximum absolute atomic E-state index is 5.37. The highest BCUT2D eigenvalue weighted by Crippen LogP contribution is 2.25. The molecule has 1 aliphatic rings. The van der Waals surface area contributed by atoms with Crippen LogP contribution in [-0.2, 0) is 0 Å². The molecule has 0 heterocycles. The molecule has 2 rings (SSSR count). The monoisotopic (exact) mass is 357 g/mol. The number of ether oxygens (including phenoxy) is 1. The van der Waals surface area contributed by atoms with E-state index in [2.05, 4.69) is 41.8 Å². The van der Waals surface area contributed by atoms with Crippen LogP contribution in [0.4, 0.5) is 0 Å². The summed E-state index contributed by atoms with van der Waals surface area (Å²) in [4.78, 5) is 4.77. The van der Waals surface area contributed by atoms with Gasteiger partial charge in [-0.15, -0.1) is 0 Å². The molecule has 18 heavy (non-hydrogen) atoms. The van der Waals surface area contributed by atoms with Crippen LogP contribution in [0.2, 0.25) is 0 Å². The van der Waals surface area contributed by atoms with Gasteiger partial charge in [-0.2, -0.15) is 0 Å². The van der Waals surface area contributed by atoms with Crippen LogP contribution in [0.5, 0.6) is 5.75 Å². The third-order valence-corrected chi connectivity index (χ3v) is 4.56. The van der Waals surface area contributed by atoms with Gasteiger partial charge in [0.2, 0.25) is 0 Å². The fraction of sp³-hybridized carbons (Fsp3) is 0.533. The molecule has 0 aromatic heterocycles. The number of hydrogen-bond donors (Lipinski definition) is 0. The molecule has 0 saturated heterocycles. The molecule has 1 saturated carbocycles. The zero-order valence-corrected chi connectivity index (χ0v) is 13.2. The lowest BCUT2D eigenvalue weighted by molar-refractivity contribution is 0.411. The summed E-state index contributed by atoms with van der Waals surface area (Å²) in [6, 6.07) is 4.64. The van der Waals surface area contributed by atoms with Crippen molar-refractivity contribution >= 4 is 28.8 Å². The third kappa shape index (κ3) is 3.25. The predicted octanol–water partition coefficient (Wildman–Crippen LogP) is 4.36. The van der Waals surface area contributed by atoms with Gasteiger partial charge in [0.25, 0.3) is 0 Å². The van der Waals surface area contributed by atoms with Crippen molar-refractivity contribution in [2.45, 2.75) is 45.1 Å². The van der Waals surface area contributed by atoms with Crippen LogP contribution in [0, 0.1) is 10.5 Å². The Hall–Kier alpha value is -0.580. The van der Waals surface area contributed by atoms with E-state index >= 15 is 0 Å². The molecule has 1 aromatic rings. The highest BCUT2D eigenvalue weighted by Gasteiger charge is 2.12. The average Bonchev–Trinajstić information content (AvgIpc) is 2.40. The van der Waals surface area contributed by atoms with Gasteiger partial charge in [0, 0.05) is 27.0 Å². The van der Waals surface area contributed by atoms with Gasteiger partial charge >= 0.3 is 0 Å². The maximum atomic E-state index is 5.37. The van der Waals surface area contributed by atoms with Crippen molar-refractivity contribution in [3.8, 4) is 5.75 Å². The van der Waals surface area contributed by atoms with Gasteiger partial charge in [-0.05, 0) is 54.5 Å². The fourth-order valence-electron chi connectivity index (χ4n) is 2.47. The molecule has 0 bridgehead atoms. The minimum atomic E-state index is 0.528. The van der Waals surface area contributed by atoms with Crippen LogP contribution in [-0.4, -0.2) is 19.4 Å². The van der Waals surface area contributed by atoms with Crippen molar-refractivity contribution in [1.29, 1.82) is 0 Å². The topological polar surface area (TPSA) is 21.6 Å². The lowest BCUT2D eigenvalue weighted by Crippen LogP contribution is -2.10. The molecule has 0 radical (unpaired) electrons. The minimum absolute atomic E-state index is 0.528. The molecule has 1 fully saturated rings. The molecule has 0 N–H and O–H groups in total. The van der Waals surface area contributed by atoms with Crippen molar-refractivity contribution in [3.05, 3.63) is 26.8 Å². The SMILES string of the molecule is COc1ccc(I)c(C=NC2CCCCC2)c1C. The van der Waals surface area contributed by atoms with Crippen LogP contribution >= 0.6 is 22.6 Å². The van der Waals surface area contributed by atoms with E-state index in [1.165, 1.54) is 46.8 Å². The number of nitrogens with zero attached hydrogens (tertiary/aromatic N) is 1. The van der Waals surface area contributed by atoms with Gasteiger partial charge in [-0.1, -0.05) is 19.3 Å². The molecule has 3 heteroatoms. The number of rotatable bonds is 3. The first kappa shape index (κ1) is 13.8. The van der Waals surface area contributed by atoms with E-state index in [0.717, 1.165) is 5.75 Å². The van der Waals surface area contributed by atoms with Crippen molar-refractivity contribution in [2.75, 3.05) is 7.11 Å². The Morgan fingerprint density at radius 3 is 2.67 bits per heavy atom. The number of hydrogen-bond acceptors (Lipinski definition) is 2. The first-order valence-corrected chi connectivity index (χ1v) is 7.66. The quantitative estimate of drug-likeness (QED) is 0.582. The second-order valence-corrected chi connectivity index (χ2v) is 6.02. The lowest BCUT2D eigenvalue weighted by Gasteiger charge is -2.17. The smallest absolute Gasteiger partial charge is 0.122 e. The molecule has 0 spiro atoms. The summed E-state index contributed by atoms with van der Waals surface area (Å²) in [6.45, 7) is 2.10. The first-order chi connectivity index (χ1) is 8.72. The normalized spacial score (nSPS) is 17.3. The predicted molar refractivity (Wildman–Crippen MR) is 84.9 cm³/mol. The van der Waals surface area contributed by atoms with Crippen molar-refractivity contribution in [2.24, 2.45) is 4.99 Å². The van der Waals surface area contributed by atoms with Crippen LogP contribution in [0.15, 0.2) is 17.1 Å². The first-order valence-electron chi connectivity index (χ1n) is 6.58. The summed E-state index contributed by atoms with van der Waals surface area (Å²) >= 11 is 2.37. The Morgan fingerprint density at radius 1 is 1.28 bits per heavy atom. The Kier molecular flexibility index (Phi) is 5.03. The van der Waals surface area contributed by atoms with E-state index in [-0.39, 0.29) is 0 Å². The van der Waals surface area contributed by atoms with Gasteiger partial charge in [0.15, 0.2) is 0 Å². The van der Waals surface area contributed by atoms with Crippen molar-refractivity contribution in [3.63, 3.8) is 0 Å². The fourth-order valence-corrected chi connectivity index (χ4v) is 3.19. The molecule has 1 aromatic carbocycles. The van der Waals surface area contributed by atoms with E-state index in [1.807, 2.05) is 6.07 Å². The van der Waals surface area contributed by atoms with E-state index in [4.69, 9.17) is 9.73 Å². The average molecular weight is 357 g/mol. The lowest BCUT2D eigenvalue weighted by atomic mass is 9.96. The standard InChI is InChI=1S/C15H20INO/c1-11-13(14(16)8-9-15(11)18-2)10-17-12-6-4-3-5-7-12/h8-10,12H,3-7H2,1-2H3. The molecule has 0 unspecified atom stereocenters. The molecule has 0 atom stereocenters. The van der Waals surface area contributed by atoms with Gasteiger partial charge in [-0.3, -0.25) is 4.99 Å². The number of aliphatic imine (C=N–C) groups is 1. The molecular formula is C15H20INO. The molecule has 1 aliphatic carbocycles. The summed E-state index contributed by atoms with van der Waals surface area (Å²) in [6.07, 6.45) is 8.58. The van der Waals surface area contributed by atoms with E-state index in [9.17, 15) is 0 Å². The summed E-state index contributed by atoms with van der Waals surface area (Å²) in [5.74, 6) is 0.945. The largest absolute Gasteiger partial charge is 0.496 e. The van der Waals surface area contributed by atoms with Gasteiger partial charge in [0.1, 0.15) is 5.75 Å². The molecule has 0 amide bonds. The van der Waals surface area contributed by atoms with E-state index in [0.29, 0.717) is 6.04 Å². The van der Waals surface area contributed by atoms with E-state index < -0.39 is 0 Å². The number of halogens is 1. The number of benzene rings is 1. The molecule has 98 valence electrons. The Balaban J connectivity index is 2.19. The van der Waals surface area contributed by atoms with Crippen molar-refractivity contribution in [1.82, 2.24) is 0 Å².